The van der Waals surface area contributed by atoms with Crippen molar-refractivity contribution in [1.82, 2.24) is 14.8 Å². The minimum absolute atomic E-state index is 0.307. The predicted molar refractivity (Wildman–Crippen MR) is 146 cm³/mol. The van der Waals surface area contributed by atoms with Crippen molar-refractivity contribution in [3.63, 3.8) is 0 Å². The van der Waals surface area contributed by atoms with Crippen molar-refractivity contribution in [3.05, 3.63) is 59.1 Å². The molecule has 6 nitrogen and oxygen atoms in total. The van der Waals surface area contributed by atoms with Gasteiger partial charge in [-0.15, -0.1) is 11.3 Å². The zero-order valence-corrected chi connectivity index (χ0v) is 21.5. The van der Waals surface area contributed by atoms with Gasteiger partial charge < -0.3 is 15.7 Å². The molecule has 1 unspecified atom stereocenters. The van der Waals surface area contributed by atoms with Crippen LogP contribution in [-0.2, 0) is 12.8 Å². The molecule has 5 rings (SSSR count). The van der Waals surface area contributed by atoms with Gasteiger partial charge in [0.25, 0.3) is 0 Å². The van der Waals surface area contributed by atoms with Crippen molar-refractivity contribution in [2.75, 3.05) is 56.4 Å². The first-order valence-electron chi connectivity index (χ1n) is 12.9. The van der Waals surface area contributed by atoms with Crippen LogP contribution in [0.25, 0.3) is 11.1 Å². The number of phenols is 1. The van der Waals surface area contributed by atoms with Crippen molar-refractivity contribution < 1.29 is 5.11 Å². The highest BCUT2D eigenvalue weighted by Crippen LogP contribution is 2.30. The average Bonchev–Trinajstić information content (AvgIpc) is 3.26. The summed E-state index contributed by atoms with van der Waals surface area (Å²) >= 11 is 1.69. The molecule has 0 bridgehead atoms. The maximum atomic E-state index is 9.76. The molecule has 2 aromatic carbocycles. The monoisotopic (exact) mass is 491 g/mol. The van der Waals surface area contributed by atoms with Crippen molar-refractivity contribution in [2.45, 2.75) is 38.6 Å². The lowest BCUT2D eigenvalue weighted by molar-refractivity contribution is 0.146. The van der Waals surface area contributed by atoms with Crippen LogP contribution in [0.4, 0.5) is 10.8 Å². The number of anilines is 2. The molecule has 1 aliphatic heterocycles. The fourth-order valence-corrected chi connectivity index (χ4v) is 6.45. The zero-order chi connectivity index (χ0) is 24.2. The molecule has 0 spiro atoms. The van der Waals surface area contributed by atoms with Gasteiger partial charge in [-0.3, -0.25) is 9.80 Å². The van der Waals surface area contributed by atoms with E-state index in [-0.39, 0.29) is 0 Å². The summed E-state index contributed by atoms with van der Waals surface area (Å²) in [6, 6.07) is 16.8. The predicted octanol–water partition coefficient (Wildman–Crippen LogP) is 4.49. The SMILES string of the molecule is CCCN(CCN1CCN(c2ccc(-c3cccc(O)c3)cc2)CC1)C1CCc2nc(N)sc2C1. The minimum atomic E-state index is 0.307. The number of phenolic OH excluding ortho intramolecular Hbond substituents is 1. The zero-order valence-electron chi connectivity index (χ0n) is 20.7. The number of piperazine rings is 1. The third-order valence-electron chi connectivity index (χ3n) is 7.45. The molecule has 3 N–H and O–H groups in total. The summed E-state index contributed by atoms with van der Waals surface area (Å²) < 4.78 is 0. The number of aryl methyl sites for hydroxylation is 1. The fraction of sp³-hybridized carbons (Fsp3) is 0.464. The van der Waals surface area contributed by atoms with Crippen LogP contribution in [0.1, 0.15) is 30.3 Å². The molecule has 7 heteroatoms. The number of hydrogen-bond acceptors (Lipinski definition) is 7. The second-order valence-corrected chi connectivity index (χ2v) is 10.9. The second-order valence-electron chi connectivity index (χ2n) is 9.78. The van der Waals surface area contributed by atoms with Crippen LogP contribution in [0.15, 0.2) is 48.5 Å². The Hall–Kier alpha value is -2.61. The molecule has 1 fully saturated rings. The third kappa shape index (κ3) is 5.80. The highest BCUT2D eigenvalue weighted by molar-refractivity contribution is 7.15. The Balaban J connectivity index is 1.12. The summed E-state index contributed by atoms with van der Waals surface area (Å²) in [7, 11) is 0. The van der Waals surface area contributed by atoms with Crippen LogP contribution in [-0.4, -0.2) is 71.7 Å². The van der Waals surface area contributed by atoms with Gasteiger partial charge in [0.05, 0.1) is 5.69 Å². The van der Waals surface area contributed by atoms with Gasteiger partial charge in [-0.2, -0.15) is 0 Å². The molecule has 35 heavy (non-hydrogen) atoms. The Morgan fingerprint density at radius 3 is 2.60 bits per heavy atom. The van der Waals surface area contributed by atoms with Crippen LogP contribution in [0, 0.1) is 0 Å². The van der Waals surface area contributed by atoms with Crippen molar-refractivity contribution in [1.29, 1.82) is 0 Å². The number of nitrogen functional groups attached to an aromatic ring is 1. The molecule has 0 amide bonds. The van der Waals surface area contributed by atoms with Gasteiger partial charge in [0.2, 0.25) is 0 Å². The summed E-state index contributed by atoms with van der Waals surface area (Å²) in [4.78, 5) is 13.8. The standard InChI is InChI=1S/C28H37N5OS/c1-2-12-32(24-10-11-26-27(20-24)35-28(29)30-26)16-13-31-14-17-33(18-15-31)23-8-6-21(7-9-23)22-4-3-5-25(34)19-22/h3-9,19,24,34H,2,10-18,20H2,1H3,(H2,29,30). The topological polar surface area (TPSA) is 68.9 Å². The number of benzene rings is 2. The Bertz CT molecular complexity index is 1110. The number of rotatable bonds is 8. The van der Waals surface area contributed by atoms with Gasteiger partial charge in [-0.25, -0.2) is 4.98 Å². The summed E-state index contributed by atoms with van der Waals surface area (Å²) in [5.41, 5.74) is 10.7. The number of aromatic nitrogens is 1. The lowest BCUT2D eigenvalue weighted by Gasteiger charge is -2.39. The third-order valence-corrected chi connectivity index (χ3v) is 8.39. The number of thiazole rings is 1. The van der Waals surface area contributed by atoms with Gasteiger partial charge >= 0.3 is 0 Å². The summed E-state index contributed by atoms with van der Waals surface area (Å²) in [6.07, 6.45) is 4.57. The molecule has 1 atom stereocenters. The summed E-state index contributed by atoms with van der Waals surface area (Å²) in [5.74, 6) is 0.307. The lowest BCUT2D eigenvalue weighted by Crippen LogP contribution is -2.50. The van der Waals surface area contributed by atoms with Crippen LogP contribution >= 0.6 is 11.3 Å². The normalized spacial score (nSPS) is 18.7. The Morgan fingerprint density at radius 1 is 1.06 bits per heavy atom. The van der Waals surface area contributed by atoms with Gasteiger partial charge in [0.15, 0.2) is 5.13 Å². The molecule has 1 saturated heterocycles. The molecule has 1 aliphatic carbocycles. The van der Waals surface area contributed by atoms with E-state index in [9.17, 15) is 5.11 Å². The molecular weight excluding hydrogens is 454 g/mol. The Kier molecular flexibility index (Phi) is 7.56. The van der Waals surface area contributed by atoms with Crippen molar-refractivity contribution in [2.24, 2.45) is 0 Å². The number of aromatic hydroxyl groups is 1. The van der Waals surface area contributed by atoms with Crippen LogP contribution in [0.3, 0.4) is 0 Å². The van der Waals surface area contributed by atoms with Crippen molar-refractivity contribution >= 4 is 22.2 Å². The van der Waals surface area contributed by atoms with E-state index < -0.39 is 0 Å². The number of nitrogens with two attached hydrogens (primary N) is 1. The van der Waals surface area contributed by atoms with Crippen LogP contribution < -0.4 is 10.6 Å². The largest absolute Gasteiger partial charge is 0.508 e. The van der Waals surface area contributed by atoms with E-state index >= 15 is 0 Å². The molecule has 0 radical (unpaired) electrons. The molecule has 3 aromatic rings. The molecule has 2 aliphatic rings. The van der Waals surface area contributed by atoms with E-state index in [0.717, 1.165) is 68.4 Å². The fourth-order valence-electron chi connectivity index (χ4n) is 5.50. The Labute approximate surface area is 213 Å². The van der Waals surface area contributed by atoms with Crippen LogP contribution in [0.2, 0.25) is 0 Å². The van der Waals surface area contributed by atoms with Gasteiger partial charge in [0.1, 0.15) is 5.75 Å². The number of fused-ring (bicyclic) bond motifs is 1. The van der Waals surface area contributed by atoms with Crippen LogP contribution in [0.5, 0.6) is 5.75 Å². The quantitative estimate of drug-likeness (QED) is 0.484. The summed E-state index contributed by atoms with van der Waals surface area (Å²) in [5, 5.41) is 10.5. The number of hydrogen-bond donors (Lipinski definition) is 2. The van der Waals surface area contributed by atoms with E-state index in [0.29, 0.717) is 11.8 Å². The Morgan fingerprint density at radius 2 is 1.86 bits per heavy atom. The first-order valence-corrected chi connectivity index (χ1v) is 13.8. The molecule has 0 saturated carbocycles. The number of nitrogens with zero attached hydrogens (tertiary/aromatic N) is 4. The molecule has 1 aromatic heterocycles. The van der Waals surface area contributed by atoms with E-state index in [1.807, 2.05) is 18.2 Å². The van der Waals surface area contributed by atoms with E-state index in [2.05, 4.69) is 50.9 Å². The highest BCUT2D eigenvalue weighted by Gasteiger charge is 2.27. The van der Waals surface area contributed by atoms with E-state index in [1.165, 1.54) is 35.6 Å². The molecule has 2 heterocycles. The maximum Gasteiger partial charge on any atom is 0.180 e. The average molecular weight is 492 g/mol. The minimum Gasteiger partial charge on any atom is -0.508 e. The van der Waals surface area contributed by atoms with E-state index in [1.54, 1.807) is 17.4 Å². The van der Waals surface area contributed by atoms with Gasteiger partial charge in [-0.1, -0.05) is 31.2 Å². The molecular formula is C28H37N5OS. The lowest BCUT2D eigenvalue weighted by atomic mass is 9.96. The first-order chi connectivity index (χ1) is 17.1. The first kappa shape index (κ1) is 24.1. The van der Waals surface area contributed by atoms with Gasteiger partial charge in [-0.05, 0) is 67.6 Å². The molecule has 186 valence electrons. The maximum absolute atomic E-state index is 9.76. The summed E-state index contributed by atoms with van der Waals surface area (Å²) in [6.45, 7) is 10.1. The van der Waals surface area contributed by atoms with Crippen molar-refractivity contribution in [3.8, 4) is 16.9 Å². The van der Waals surface area contributed by atoms with Gasteiger partial charge in [0, 0.05) is 55.9 Å². The smallest absolute Gasteiger partial charge is 0.180 e. The second kappa shape index (κ2) is 11.0. The highest BCUT2D eigenvalue weighted by atomic mass is 32.1. The van der Waals surface area contributed by atoms with E-state index in [4.69, 9.17) is 5.73 Å².